The number of aliphatic hydroxyl groups excluding tert-OH is 1. The SMILES string of the molecule is CC(CCO)OC(c1ccccc1)(c1ccccc1)c1ccccc1. The highest BCUT2D eigenvalue weighted by atomic mass is 16.5. The Labute approximate surface area is 149 Å². The van der Waals surface area contributed by atoms with Crippen molar-refractivity contribution in [2.75, 3.05) is 6.61 Å². The van der Waals surface area contributed by atoms with Crippen LogP contribution >= 0.6 is 0 Å². The van der Waals surface area contributed by atoms with E-state index in [1.165, 1.54) is 0 Å². The molecule has 2 nitrogen and oxygen atoms in total. The van der Waals surface area contributed by atoms with Crippen LogP contribution in [0.3, 0.4) is 0 Å². The molecule has 0 aliphatic heterocycles. The van der Waals surface area contributed by atoms with Crippen LogP contribution < -0.4 is 0 Å². The van der Waals surface area contributed by atoms with Gasteiger partial charge in [-0.15, -0.1) is 0 Å². The van der Waals surface area contributed by atoms with Crippen molar-refractivity contribution < 1.29 is 9.84 Å². The predicted octanol–water partition coefficient (Wildman–Crippen LogP) is 4.77. The van der Waals surface area contributed by atoms with E-state index in [-0.39, 0.29) is 12.7 Å². The maximum absolute atomic E-state index is 9.37. The molecule has 25 heavy (non-hydrogen) atoms. The molecular weight excluding hydrogens is 308 g/mol. The summed E-state index contributed by atoms with van der Waals surface area (Å²) in [6, 6.07) is 30.9. The summed E-state index contributed by atoms with van der Waals surface area (Å²) in [6.07, 6.45) is 0.499. The predicted molar refractivity (Wildman–Crippen MR) is 101 cm³/mol. The van der Waals surface area contributed by atoms with Gasteiger partial charge in [-0.1, -0.05) is 91.0 Å². The first-order valence-corrected chi connectivity index (χ1v) is 8.72. The molecule has 128 valence electrons. The lowest BCUT2D eigenvalue weighted by atomic mass is 9.80. The molecule has 0 amide bonds. The van der Waals surface area contributed by atoms with E-state index < -0.39 is 5.60 Å². The standard InChI is InChI=1S/C23H24O2/c1-19(17-18-24)25-23(20-11-5-2-6-12-20,21-13-7-3-8-14-21)22-15-9-4-10-16-22/h2-16,19,24H,17-18H2,1H3. The summed E-state index contributed by atoms with van der Waals surface area (Å²) in [7, 11) is 0. The van der Waals surface area contributed by atoms with E-state index in [1.807, 2.05) is 61.5 Å². The van der Waals surface area contributed by atoms with Gasteiger partial charge in [-0.25, -0.2) is 0 Å². The van der Waals surface area contributed by atoms with E-state index >= 15 is 0 Å². The maximum atomic E-state index is 9.37. The summed E-state index contributed by atoms with van der Waals surface area (Å²) in [6.45, 7) is 2.12. The molecule has 0 heterocycles. The average molecular weight is 332 g/mol. The number of hydrogen-bond donors (Lipinski definition) is 1. The van der Waals surface area contributed by atoms with Gasteiger partial charge in [0.25, 0.3) is 0 Å². The Bertz CT molecular complexity index is 657. The molecule has 1 atom stereocenters. The van der Waals surface area contributed by atoms with Crippen LogP contribution in [0, 0.1) is 0 Å². The van der Waals surface area contributed by atoms with Gasteiger partial charge in [0.05, 0.1) is 6.10 Å². The summed E-state index contributed by atoms with van der Waals surface area (Å²) in [5, 5.41) is 9.37. The summed E-state index contributed by atoms with van der Waals surface area (Å²) in [4.78, 5) is 0. The molecule has 2 heteroatoms. The van der Waals surface area contributed by atoms with Crippen molar-refractivity contribution >= 4 is 0 Å². The molecule has 3 aromatic rings. The zero-order valence-corrected chi connectivity index (χ0v) is 14.5. The number of benzene rings is 3. The summed E-state index contributed by atoms with van der Waals surface area (Å²) < 4.78 is 6.68. The lowest BCUT2D eigenvalue weighted by Gasteiger charge is -2.38. The second-order valence-corrected chi connectivity index (χ2v) is 6.22. The second-order valence-electron chi connectivity index (χ2n) is 6.22. The molecule has 1 N–H and O–H groups in total. The Morgan fingerprint density at radius 1 is 0.720 bits per heavy atom. The number of ether oxygens (including phenoxy) is 1. The van der Waals surface area contributed by atoms with Crippen molar-refractivity contribution in [3.8, 4) is 0 Å². The highest BCUT2D eigenvalue weighted by Crippen LogP contribution is 2.41. The van der Waals surface area contributed by atoms with E-state index in [0.717, 1.165) is 16.7 Å². The van der Waals surface area contributed by atoms with Gasteiger partial charge in [0.1, 0.15) is 5.60 Å². The van der Waals surface area contributed by atoms with E-state index in [0.29, 0.717) is 6.42 Å². The van der Waals surface area contributed by atoms with Crippen LogP contribution in [0.5, 0.6) is 0 Å². The van der Waals surface area contributed by atoms with Crippen LogP contribution in [0.2, 0.25) is 0 Å². The van der Waals surface area contributed by atoms with Crippen LogP contribution in [-0.4, -0.2) is 17.8 Å². The van der Waals surface area contributed by atoms with Crippen molar-refractivity contribution in [2.45, 2.75) is 25.0 Å². The normalized spacial score (nSPS) is 12.7. The molecule has 1 unspecified atom stereocenters. The first-order valence-electron chi connectivity index (χ1n) is 8.72. The minimum atomic E-state index is -0.710. The van der Waals surface area contributed by atoms with E-state index in [4.69, 9.17) is 4.74 Å². The van der Waals surface area contributed by atoms with Gasteiger partial charge in [0.15, 0.2) is 0 Å². The molecule has 0 aliphatic carbocycles. The first-order chi connectivity index (χ1) is 12.3. The fourth-order valence-corrected chi connectivity index (χ4v) is 3.27. The van der Waals surface area contributed by atoms with Gasteiger partial charge in [0, 0.05) is 6.61 Å². The van der Waals surface area contributed by atoms with Crippen LogP contribution in [0.25, 0.3) is 0 Å². The second kappa shape index (κ2) is 8.11. The third-order valence-electron chi connectivity index (χ3n) is 4.45. The quantitative estimate of drug-likeness (QED) is 0.632. The molecular formula is C23H24O2. The van der Waals surface area contributed by atoms with E-state index in [2.05, 4.69) is 36.4 Å². The summed E-state index contributed by atoms with van der Waals surface area (Å²) in [5.74, 6) is 0. The highest BCUT2D eigenvalue weighted by Gasteiger charge is 2.38. The molecule has 0 spiro atoms. The fraction of sp³-hybridized carbons (Fsp3) is 0.217. The number of hydrogen-bond acceptors (Lipinski definition) is 2. The van der Waals surface area contributed by atoms with Crippen LogP contribution in [0.4, 0.5) is 0 Å². The van der Waals surface area contributed by atoms with Crippen molar-refractivity contribution in [3.05, 3.63) is 108 Å². The molecule has 0 fully saturated rings. The minimum absolute atomic E-state index is 0.0920. The zero-order chi connectivity index (χ0) is 17.5. The van der Waals surface area contributed by atoms with Gasteiger partial charge in [0.2, 0.25) is 0 Å². The van der Waals surface area contributed by atoms with Crippen molar-refractivity contribution in [1.29, 1.82) is 0 Å². The van der Waals surface area contributed by atoms with Crippen LogP contribution in [0.15, 0.2) is 91.0 Å². The molecule has 3 aromatic carbocycles. The third kappa shape index (κ3) is 3.65. The van der Waals surface area contributed by atoms with Gasteiger partial charge in [-0.05, 0) is 30.0 Å². The molecule has 0 bridgehead atoms. The zero-order valence-electron chi connectivity index (χ0n) is 14.5. The lowest BCUT2D eigenvalue weighted by Crippen LogP contribution is -2.36. The average Bonchev–Trinajstić information content (AvgIpc) is 2.68. The first kappa shape index (κ1) is 17.4. The molecule has 0 aliphatic rings. The Kier molecular flexibility index (Phi) is 5.64. The third-order valence-corrected chi connectivity index (χ3v) is 4.45. The van der Waals surface area contributed by atoms with Gasteiger partial charge in [-0.2, -0.15) is 0 Å². The van der Waals surface area contributed by atoms with Crippen LogP contribution in [-0.2, 0) is 10.3 Å². The van der Waals surface area contributed by atoms with Gasteiger partial charge >= 0.3 is 0 Å². The lowest BCUT2D eigenvalue weighted by molar-refractivity contribution is -0.0471. The Hall–Kier alpha value is -2.42. The van der Waals surface area contributed by atoms with E-state index in [1.54, 1.807) is 0 Å². The molecule has 0 saturated carbocycles. The van der Waals surface area contributed by atoms with Gasteiger partial charge < -0.3 is 9.84 Å². The molecule has 0 radical (unpaired) electrons. The number of aliphatic hydroxyl groups is 1. The van der Waals surface area contributed by atoms with E-state index in [9.17, 15) is 5.11 Å². The Morgan fingerprint density at radius 2 is 1.08 bits per heavy atom. The minimum Gasteiger partial charge on any atom is -0.396 e. The molecule has 3 rings (SSSR count). The summed E-state index contributed by atoms with van der Waals surface area (Å²) in [5.41, 5.74) is 2.53. The molecule has 0 saturated heterocycles. The monoisotopic (exact) mass is 332 g/mol. The highest BCUT2D eigenvalue weighted by molar-refractivity contribution is 5.47. The van der Waals surface area contributed by atoms with Crippen LogP contribution in [0.1, 0.15) is 30.0 Å². The Balaban J connectivity index is 2.24. The fourth-order valence-electron chi connectivity index (χ4n) is 3.27. The maximum Gasteiger partial charge on any atom is 0.144 e. The largest absolute Gasteiger partial charge is 0.396 e. The van der Waals surface area contributed by atoms with Crippen molar-refractivity contribution in [2.24, 2.45) is 0 Å². The smallest absolute Gasteiger partial charge is 0.144 e. The molecule has 0 aromatic heterocycles. The summed E-state index contributed by atoms with van der Waals surface area (Å²) >= 11 is 0. The van der Waals surface area contributed by atoms with Gasteiger partial charge in [-0.3, -0.25) is 0 Å². The van der Waals surface area contributed by atoms with Crippen molar-refractivity contribution in [1.82, 2.24) is 0 Å². The van der Waals surface area contributed by atoms with Crippen molar-refractivity contribution in [3.63, 3.8) is 0 Å². The number of rotatable bonds is 7. The Morgan fingerprint density at radius 3 is 1.40 bits per heavy atom. The topological polar surface area (TPSA) is 29.5 Å².